The van der Waals surface area contributed by atoms with Crippen LogP contribution in [0.5, 0.6) is 11.5 Å². The predicted molar refractivity (Wildman–Crippen MR) is 135 cm³/mol. The fourth-order valence-electron chi connectivity index (χ4n) is 3.80. The Morgan fingerprint density at radius 3 is 2.24 bits per heavy atom. The van der Waals surface area contributed by atoms with E-state index in [9.17, 15) is 8.42 Å². The van der Waals surface area contributed by atoms with Gasteiger partial charge in [0.2, 0.25) is 16.0 Å². The van der Waals surface area contributed by atoms with Crippen LogP contribution in [0.3, 0.4) is 0 Å². The van der Waals surface area contributed by atoms with E-state index < -0.39 is 21.4 Å². The van der Waals surface area contributed by atoms with Crippen LogP contribution < -0.4 is 14.2 Å². The summed E-state index contributed by atoms with van der Waals surface area (Å²) in [6.45, 7) is 3.31. The van der Waals surface area contributed by atoms with Crippen LogP contribution in [0.25, 0.3) is 17.2 Å². The van der Waals surface area contributed by atoms with E-state index >= 15 is 0 Å². The zero-order valence-corrected chi connectivity index (χ0v) is 22.1. The molecule has 1 aromatic carbocycles. The molecule has 3 aromatic heterocycles. The van der Waals surface area contributed by atoms with Gasteiger partial charge in [-0.1, -0.05) is 6.07 Å². The predicted octanol–water partition coefficient (Wildman–Crippen LogP) is 2.30. The molecule has 0 radical (unpaired) electrons. The lowest BCUT2D eigenvalue weighted by atomic mass is 10.2. The van der Waals surface area contributed by atoms with Crippen LogP contribution in [0.1, 0.15) is 24.4 Å². The lowest BCUT2D eigenvalue weighted by Gasteiger charge is -2.23. The largest absolute Gasteiger partial charge is 0.494 e. The summed E-state index contributed by atoms with van der Waals surface area (Å²) in [5, 5.41) is 11.7. The molecule has 3 heterocycles. The van der Waals surface area contributed by atoms with Gasteiger partial charge in [0.25, 0.3) is 0 Å². The van der Waals surface area contributed by atoms with Gasteiger partial charge in [-0.15, -0.1) is 10.2 Å². The second-order valence-electron chi connectivity index (χ2n) is 8.16. The Kier molecular flexibility index (Phi) is 7.40. The highest BCUT2D eigenvalue weighted by atomic mass is 32.2. The number of aryl methyl sites for hydroxylation is 2. The summed E-state index contributed by atoms with van der Waals surface area (Å²) >= 11 is 0. The Bertz CT molecular complexity index is 1460. The lowest BCUT2D eigenvalue weighted by Crippen LogP contribution is -2.33. The van der Waals surface area contributed by atoms with Gasteiger partial charge in [-0.25, -0.2) is 8.42 Å². The molecule has 0 aliphatic heterocycles. The van der Waals surface area contributed by atoms with Crippen molar-refractivity contribution in [1.82, 2.24) is 34.5 Å². The first kappa shape index (κ1) is 26.0. The number of aromatic nitrogens is 7. The monoisotopic (exact) mass is 528 g/mol. The normalized spacial score (nSPS) is 13.2. The topological polar surface area (TPSA) is 148 Å². The van der Waals surface area contributed by atoms with Crippen molar-refractivity contribution in [3.05, 3.63) is 54.2 Å². The highest BCUT2D eigenvalue weighted by Gasteiger charge is 2.34. The Labute approximate surface area is 214 Å². The van der Waals surface area contributed by atoms with Gasteiger partial charge in [-0.2, -0.15) is 5.10 Å². The smallest absolute Gasteiger partial charge is 0.243 e. The molecular weight excluding hydrogens is 500 g/mol. The third-order valence-corrected chi connectivity index (χ3v) is 7.42. The number of anilines is 1. The Morgan fingerprint density at radius 1 is 1.00 bits per heavy atom. The van der Waals surface area contributed by atoms with Crippen molar-refractivity contribution in [2.75, 3.05) is 26.1 Å². The van der Waals surface area contributed by atoms with Gasteiger partial charge in [0.1, 0.15) is 34.2 Å². The summed E-state index contributed by atoms with van der Waals surface area (Å²) < 4.78 is 49.5. The number of methoxy groups -OCH3 is 3. The minimum absolute atomic E-state index is 0.0832. The summed E-state index contributed by atoms with van der Waals surface area (Å²) in [4.78, 5) is 8.50. The standard InChI is InChI=1S/C23H28N8O5S/c1-14-12-25-17(13-24-14)21(36-6)15(2)37(32,33)29-23-27-26-22(16-10-11-30(3)28-16)31(23)20-18(34-4)8-7-9-19(20)35-5/h7-13,15,21H,1-6H3,(H,27,29)/t15-,21-/m0/s1. The van der Waals surface area contributed by atoms with E-state index in [2.05, 4.69) is 30.0 Å². The van der Waals surface area contributed by atoms with E-state index in [-0.39, 0.29) is 11.8 Å². The molecule has 0 aliphatic carbocycles. The van der Waals surface area contributed by atoms with Gasteiger partial charge >= 0.3 is 0 Å². The van der Waals surface area contributed by atoms with Gasteiger partial charge in [0.15, 0.2) is 5.82 Å². The Morgan fingerprint density at radius 2 is 1.70 bits per heavy atom. The summed E-state index contributed by atoms with van der Waals surface area (Å²) in [5.41, 5.74) is 1.95. The minimum Gasteiger partial charge on any atom is -0.494 e. The highest BCUT2D eigenvalue weighted by molar-refractivity contribution is 7.93. The van der Waals surface area contributed by atoms with Crippen LogP contribution in [-0.4, -0.2) is 69.5 Å². The molecule has 196 valence electrons. The van der Waals surface area contributed by atoms with E-state index in [1.165, 1.54) is 39.0 Å². The van der Waals surface area contributed by atoms with E-state index in [1.54, 1.807) is 55.3 Å². The molecule has 0 fully saturated rings. The van der Waals surface area contributed by atoms with Crippen molar-refractivity contribution in [2.45, 2.75) is 25.2 Å². The summed E-state index contributed by atoms with van der Waals surface area (Å²) in [7, 11) is 2.09. The second-order valence-corrected chi connectivity index (χ2v) is 10.2. The number of hydrogen-bond acceptors (Lipinski definition) is 10. The molecule has 14 heteroatoms. The molecule has 13 nitrogen and oxygen atoms in total. The van der Waals surface area contributed by atoms with Crippen LogP contribution in [0.2, 0.25) is 0 Å². The third kappa shape index (κ3) is 5.11. The van der Waals surface area contributed by atoms with Gasteiger partial charge < -0.3 is 14.2 Å². The van der Waals surface area contributed by atoms with Crippen LogP contribution in [0, 0.1) is 6.92 Å². The maximum Gasteiger partial charge on any atom is 0.243 e. The minimum atomic E-state index is -4.09. The molecule has 0 amide bonds. The molecule has 1 N–H and O–H groups in total. The van der Waals surface area contributed by atoms with E-state index in [0.717, 1.165) is 0 Å². The summed E-state index contributed by atoms with van der Waals surface area (Å²) in [6, 6.07) is 6.93. The van der Waals surface area contributed by atoms with Gasteiger partial charge in [-0.3, -0.25) is 23.9 Å². The van der Waals surface area contributed by atoms with Crippen molar-refractivity contribution in [1.29, 1.82) is 0 Å². The SMILES string of the molecule is COc1cccc(OC)c1-n1c(NS(=O)(=O)[C@@H](C)[C@H](OC)c2cnc(C)cn2)nnc1-c1ccn(C)n1. The van der Waals surface area contributed by atoms with Crippen LogP contribution in [0.15, 0.2) is 42.9 Å². The Balaban J connectivity index is 1.82. The molecule has 0 spiro atoms. The number of rotatable bonds is 10. The lowest BCUT2D eigenvalue weighted by molar-refractivity contribution is 0.0985. The summed E-state index contributed by atoms with van der Waals surface area (Å²) in [5.74, 6) is 1.02. The molecule has 4 rings (SSSR count). The molecule has 0 aliphatic rings. The van der Waals surface area contributed by atoms with Crippen molar-refractivity contribution in [3.8, 4) is 28.7 Å². The maximum atomic E-state index is 13.6. The molecule has 0 unspecified atom stereocenters. The summed E-state index contributed by atoms with van der Waals surface area (Å²) in [6.07, 6.45) is 3.90. The average Bonchev–Trinajstić information content (AvgIpc) is 3.50. The fourth-order valence-corrected chi connectivity index (χ4v) is 4.95. The van der Waals surface area contributed by atoms with E-state index in [0.29, 0.717) is 34.3 Å². The molecule has 0 bridgehead atoms. The molecule has 4 aromatic rings. The number of benzene rings is 1. The van der Waals surface area contributed by atoms with Crippen molar-refractivity contribution >= 4 is 16.0 Å². The fraction of sp³-hybridized carbons (Fsp3) is 0.348. The van der Waals surface area contributed by atoms with Crippen molar-refractivity contribution < 1.29 is 22.6 Å². The van der Waals surface area contributed by atoms with Crippen molar-refractivity contribution in [3.63, 3.8) is 0 Å². The van der Waals surface area contributed by atoms with Crippen LogP contribution >= 0.6 is 0 Å². The third-order valence-electron chi connectivity index (χ3n) is 5.73. The number of nitrogens with one attached hydrogen (secondary N) is 1. The maximum absolute atomic E-state index is 13.6. The first-order chi connectivity index (χ1) is 17.7. The highest BCUT2D eigenvalue weighted by Crippen LogP contribution is 2.37. The zero-order valence-electron chi connectivity index (χ0n) is 21.3. The molecule has 2 atom stereocenters. The molecule has 0 saturated heterocycles. The van der Waals surface area contributed by atoms with Gasteiger partial charge in [0.05, 0.1) is 31.8 Å². The van der Waals surface area contributed by atoms with Gasteiger partial charge in [-0.05, 0) is 32.0 Å². The number of hydrogen-bond donors (Lipinski definition) is 1. The molecular formula is C23H28N8O5S. The zero-order chi connectivity index (χ0) is 26.7. The second kappa shape index (κ2) is 10.5. The Hall–Kier alpha value is -4.04. The molecule has 0 saturated carbocycles. The van der Waals surface area contributed by atoms with Crippen LogP contribution in [0.4, 0.5) is 5.95 Å². The average molecular weight is 529 g/mol. The number of para-hydroxylation sites is 1. The van der Waals surface area contributed by atoms with Crippen molar-refractivity contribution in [2.24, 2.45) is 7.05 Å². The quantitative estimate of drug-likeness (QED) is 0.325. The molecule has 37 heavy (non-hydrogen) atoms. The first-order valence-electron chi connectivity index (χ1n) is 11.2. The number of ether oxygens (including phenoxy) is 3. The van der Waals surface area contributed by atoms with E-state index in [4.69, 9.17) is 14.2 Å². The van der Waals surface area contributed by atoms with E-state index in [1.807, 2.05) is 0 Å². The van der Waals surface area contributed by atoms with Crippen LogP contribution in [-0.2, 0) is 21.8 Å². The number of nitrogens with zero attached hydrogens (tertiary/aromatic N) is 7. The number of sulfonamides is 1. The van der Waals surface area contributed by atoms with Gasteiger partial charge in [0, 0.05) is 26.6 Å². The first-order valence-corrected chi connectivity index (χ1v) is 12.7.